The molecule has 0 unspecified atom stereocenters. The number of ether oxygens (including phenoxy) is 1. The van der Waals surface area contributed by atoms with Gasteiger partial charge in [0.1, 0.15) is 11.4 Å². The Balaban J connectivity index is 0.00000784. The average molecular weight is 523 g/mol. The Morgan fingerprint density at radius 3 is 2.41 bits per heavy atom. The van der Waals surface area contributed by atoms with Crippen LogP contribution >= 0.6 is 24.0 Å². The number of carbonyl (C=O) groups is 1. The van der Waals surface area contributed by atoms with Crippen LogP contribution in [-0.2, 0) is 17.8 Å². The van der Waals surface area contributed by atoms with E-state index in [9.17, 15) is 9.18 Å². The summed E-state index contributed by atoms with van der Waals surface area (Å²) in [6.45, 7) is 7.72. The molecule has 3 N–H and O–H groups in total. The second-order valence-electron chi connectivity index (χ2n) is 7.80. The largest absolute Gasteiger partial charge is 0.444 e. The SMILES string of the molecule is CN=C(NCCCNC(=O)OC(C)(C)C)NCc1ccc(F)c(CN(C)C)c1.I. The van der Waals surface area contributed by atoms with Gasteiger partial charge in [-0.25, -0.2) is 9.18 Å². The second kappa shape index (κ2) is 13.6. The van der Waals surface area contributed by atoms with Gasteiger partial charge in [0.15, 0.2) is 5.96 Å². The van der Waals surface area contributed by atoms with Crippen molar-refractivity contribution in [2.24, 2.45) is 4.99 Å². The summed E-state index contributed by atoms with van der Waals surface area (Å²) in [4.78, 5) is 17.7. The number of aliphatic imine (C=N–C) groups is 1. The van der Waals surface area contributed by atoms with E-state index in [1.807, 2.05) is 45.8 Å². The normalized spacial score (nSPS) is 11.7. The first-order valence-electron chi connectivity index (χ1n) is 9.44. The molecule has 0 spiro atoms. The van der Waals surface area contributed by atoms with E-state index in [0.29, 0.717) is 37.7 Å². The molecule has 1 rings (SSSR count). The molecule has 9 heteroatoms. The minimum absolute atomic E-state index is 0. The Kier molecular flexibility index (Phi) is 12.8. The minimum atomic E-state index is -0.499. The number of alkyl carbamates (subject to hydrolysis) is 1. The van der Waals surface area contributed by atoms with Gasteiger partial charge in [-0.2, -0.15) is 0 Å². The Hall–Kier alpha value is -1.62. The molecule has 166 valence electrons. The number of hydrogen-bond donors (Lipinski definition) is 3. The van der Waals surface area contributed by atoms with Crippen LogP contribution < -0.4 is 16.0 Å². The van der Waals surface area contributed by atoms with Crippen molar-refractivity contribution in [3.8, 4) is 0 Å². The lowest BCUT2D eigenvalue weighted by Crippen LogP contribution is -2.39. The van der Waals surface area contributed by atoms with Crippen molar-refractivity contribution in [1.82, 2.24) is 20.9 Å². The van der Waals surface area contributed by atoms with Gasteiger partial charge < -0.3 is 25.6 Å². The summed E-state index contributed by atoms with van der Waals surface area (Å²) >= 11 is 0. The molecule has 0 radical (unpaired) electrons. The lowest BCUT2D eigenvalue weighted by molar-refractivity contribution is 0.0527. The first-order chi connectivity index (χ1) is 13.1. The smallest absolute Gasteiger partial charge is 0.407 e. The number of halogens is 2. The topological polar surface area (TPSA) is 78.0 Å². The van der Waals surface area contributed by atoms with E-state index < -0.39 is 11.7 Å². The highest BCUT2D eigenvalue weighted by atomic mass is 127. The molecule has 0 saturated carbocycles. The molecule has 0 fully saturated rings. The zero-order valence-corrected chi connectivity index (χ0v) is 20.6. The molecular formula is C20H35FIN5O2. The van der Waals surface area contributed by atoms with Crippen molar-refractivity contribution < 1.29 is 13.9 Å². The van der Waals surface area contributed by atoms with Crippen LogP contribution in [-0.4, -0.2) is 56.8 Å². The Bertz CT molecular complexity index is 663. The zero-order valence-electron chi connectivity index (χ0n) is 18.3. The van der Waals surface area contributed by atoms with Crippen molar-refractivity contribution in [2.45, 2.75) is 45.9 Å². The van der Waals surface area contributed by atoms with Gasteiger partial charge in [0, 0.05) is 38.8 Å². The lowest BCUT2D eigenvalue weighted by atomic mass is 10.1. The van der Waals surface area contributed by atoms with Crippen molar-refractivity contribution in [2.75, 3.05) is 34.2 Å². The van der Waals surface area contributed by atoms with Crippen LogP contribution in [0, 0.1) is 5.82 Å². The van der Waals surface area contributed by atoms with Gasteiger partial charge in [-0.15, -0.1) is 24.0 Å². The number of rotatable bonds is 8. The molecule has 0 aromatic heterocycles. The summed E-state index contributed by atoms with van der Waals surface area (Å²) in [7, 11) is 5.51. The third kappa shape index (κ3) is 12.5. The van der Waals surface area contributed by atoms with Crippen molar-refractivity contribution in [1.29, 1.82) is 0 Å². The summed E-state index contributed by atoms with van der Waals surface area (Å²) in [5, 5.41) is 9.11. The number of amides is 1. The van der Waals surface area contributed by atoms with Crippen molar-refractivity contribution in [3.05, 3.63) is 35.1 Å². The van der Waals surface area contributed by atoms with Gasteiger partial charge in [-0.3, -0.25) is 4.99 Å². The number of nitrogens with one attached hydrogen (secondary N) is 3. The molecule has 0 aliphatic heterocycles. The van der Waals surface area contributed by atoms with Crippen molar-refractivity contribution >= 4 is 36.0 Å². The molecule has 1 aromatic carbocycles. The van der Waals surface area contributed by atoms with Gasteiger partial charge in [-0.05, 0) is 59.0 Å². The fourth-order valence-corrected chi connectivity index (χ4v) is 2.41. The number of hydrogen-bond acceptors (Lipinski definition) is 4. The van der Waals surface area contributed by atoms with Crippen LogP contribution in [0.5, 0.6) is 0 Å². The van der Waals surface area contributed by atoms with Crippen LogP contribution in [0.15, 0.2) is 23.2 Å². The maximum atomic E-state index is 13.9. The van der Waals surface area contributed by atoms with E-state index in [1.165, 1.54) is 6.07 Å². The van der Waals surface area contributed by atoms with Gasteiger partial charge >= 0.3 is 6.09 Å². The number of nitrogens with zero attached hydrogens (tertiary/aromatic N) is 2. The molecular weight excluding hydrogens is 488 g/mol. The predicted octanol–water partition coefficient (Wildman–Crippen LogP) is 3.09. The molecule has 7 nitrogen and oxygen atoms in total. The third-order valence-electron chi connectivity index (χ3n) is 3.59. The highest BCUT2D eigenvalue weighted by molar-refractivity contribution is 14.0. The van der Waals surface area contributed by atoms with Gasteiger partial charge in [-0.1, -0.05) is 6.07 Å². The fourth-order valence-electron chi connectivity index (χ4n) is 2.41. The van der Waals surface area contributed by atoms with E-state index in [0.717, 1.165) is 12.0 Å². The van der Waals surface area contributed by atoms with E-state index in [1.54, 1.807) is 13.1 Å². The molecule has 0 saturated heterocycles. The van der Waals surface area contributed by atoms with Gasteiger partial charge in [0.25, 0.3) is 0 Å². The molecule has 1 aromatic rings. The summed E-state index contributed by atoms with van der Waals surface area (Å²) in [6, 6.07) is 5.12. The number of carbonyl (C=O) groups excluding carboxylic acids is 1. The summed E-state index contributed by atoms with van der Waals surface area (Å²) < 4.78 is 19.0. The predicted molar refractivity (Wildman–Crippen MR) is 126 cm³/mol. The third-order valence-corrected chi connectivity index (χ3v) is 3.59. The van der Waals surface area contributed by atoms with Crippen LogP contribution in [0.4, 0.5) is 9.18 Å². The summed E-state index contributed by atoms with van der Waals surface area (Å²) in [6.07, 6.45) is 0.309. The van der Waals surface area contributed by atoms with Gasteiger partial charge in [0.2, 0.25) is 0 Å². The number of guanidine groups is 1. The fraction of sp³-hybridized carbons (Fsp3) is 0.600. The maximum Gasteiger partial charge on any atom is 0.407 e. The zero-order chi connectivity index (χ0) is 21.2. The number of benzene rings is 1. The highest BCUT2D eigenvalue weighted by Crippen LogP contribution is 2.12. The Labute approximate surface area is 190 Å². The van der Waals surface area contributed by atoms with Crippen LogP contribution in [0.3, 0.4) is 0 Å². The van der Waals surface area contributed by atoms with Crippen molar-refractivity contribution in [3.63, 3.8) is 0 Å². The summed E-state index contributed by atoms with van der Waals surface area (Å²) in [5.74, 6) is 0.452. The van der Waals surface area contributed by atoms with Crippen LogP contribution in [0.2, 0.25) is 0 Å². The first-order valence-corrected chi connectivity index (χ1v) is 9.44. The molecule has 0 aliphatic carbocycles. The Morgan fingerprint density at radius 1 is 1.17 bits per heavy atom. The quantitative estimate of drug-likeness (QED) is 0.211. The van der Waals surface area contributed by atoms with Gasteiger partial charge in [0.05, 0.1) is 0 Å². The van der Waals surface area contributed by atoms with Crippen LogP contribution in [0.25, 0.3) is 0 Å². The second-order valence-corrected chi connectivity index (χ2v) is 7.80. The molecule has 0 atom stereocenters. The summed E-state index contributed by atoms with van der Waals surface area (Å²) in [5.41, 5.74) is 1.15. The molecule has 0 bridgehead atoms. The lowest BCUT2D eigenvalue weighted by Gasteiger charge is -2.19. The maximum absolute atomic E-state index is 13.9. The molecule has 0 heterocycles. The van der Waals surface area contributed by atoms with Crippen LogP contribution in [0.1, 0.15) is 38.3 Å². The average Bonchev–Trinajstić information content (AvgIpc) is 2.58. The molecule has 29 heavy (non-hydrogen) atoms. The standard InChI is InChI=1S/C20H34FN5O2.HI/c1-20(2,3)28-19(27)24-11-7-10-23-18(22-4)25-13-15-8-9-17(21)16(12-15)14-26(5)6;/h8-9,12H,7,10-11,13-14H2,1-6H3,(H,24,27)(H2,22,23,25);1H. The van der Waals surface area contributed by atoms with E-state index >= 15 is 0 Å². The minimum Gasteiger partial charge on any atom is -0.444 e. The highest BCUT2D eigenvalue weighted by Gasteiger charge is 2.15. The first kappa shape index (κ1) is 27.4. The van der Waals surface area contributed by atoms with E-state index in [4.69, 9.17) is 4.74 Å². The monoisotopic (exact) mass is 523 g/mol. The Morgan fingerprint density at radius 2 is 1.83 bits per heavy atom. The molecule has 1 amide bonds. The molecule has 0 aliphatic rings. The van der Waals surface area contributed by atoms with E-state index in [-0.39, 0.29) is 29.8 Å². The van der Waals surface area contributed by atoms with E-state index in [2.05, 4.69) is 20.9 Å².